The Kier molecular flexibility index (Phi) is 2.58. The molecule has 0 aromatic carbocycles. The quantitative estimate of drug-likeness (QED) is 0.562. The molecule has 0 aromatic rings. The smallest absolute Gasteiger partial charge is 0.0127 e. The third-order valence-corrected chi connectivity index (χ3v) is 2.71. The van der Waals surface area contributed by atoms with Crippen molar-refractivity contribution >= 4 is 0 Å². The average Bonchev–Trinajstić information content (AvgIpc) is 2.31. The number of hydrogen-bond donors (Lipinski definition) is 0. The molecule has 0 aliphatic carbocycles. The molecule has 1 aliphatic rings. The van der Waals surface area contributed by atoms with Crippen molar-refractivity contribution in [2.45, 2.75) is 58.5 Å². The summed E-state index contributed by atoms with van der Waals surface area (Å²) in [4.78, 5) is 2.65. The van der Waals surface area contributed by atoms with Gasteiger partial charge in [0.1, 0.15) is 0 Å². The van der Waals surface area contributed by atoms with Crippen molar-refractivity contribution in [1.29, 1.82) is 0 Å². The van der Waals surface area contributed by atoms with Crippen molar-refractivity contribution in [1.82, 2.24) is 4.90 Å². The fraction of sp³-hybridized carbons (Fsp3) is 1.00. The van der Waals surface area contributed by atoms with Gasteiger partial charge in [0.2, 0.25) is 0 Å². The molecule has 1 aliphatic heterocycles. The zero-order valence-corrected chi connectivity index (χ0v) is 8.35. The molecule has 1 rings (SSSR count). The summed E-state index contributed by atoms with van der Waals surface area (Å²) in [6.07, 6.45) is 4.13. The topological polar surface area (TPSA) is 3.24 Å². The maximum Gasteiger partial charge on any atom is 0.0127 e. The highest BCUT2D eigenvalue weighted by Crippen LogP contribution is 2.27. The second-order valence-corrected chi connectivity index (χ2v) is 4.57. The number of likely N-dealkylation sites (tertiary alicyclic amines) is 1. The molecule has 1 heterocycles. The predicted molar refractivity (Wildman–Crippen MR) is 49.8 cm³/mol. The molecule has 0 N–H and O–H groups in total. The van der Waals surface area contributed by atoms with Gasteiger partial charge < -0.3 is 0 Å². The molecule has 0 saturated carbocycles. The second-order valence-electron chi connectivity index (χ2n) is 4.57. The molecular weight excluding hydrogens is 134 g/mol. The number of rotatable bonds is 1. The molecule has 0 spiro atoms. The Morgan fingerprint density at radius 1 is 1.36 bits per heavy atom. The molecule has 0 aromatic heterocycles. The van der Waals surface area contributed by atoms with E-state index in [9.17, 15) is 0 Å². The van der Waals surface area contributed by atoms with Gasteiger partial charge in [-0.3, -0.25) is 4.90 Å². The van der Waals surface area contributed by atoms with Crippen LogP contribution in [0, 0.1) is 0 Å². The van der Waals surface area contributed by atoms with Crippen molar-refractivity contribution in [2.24, 2.45) is 0 Å². The first-order chi connectivity index (χ1) is 5.05. The van der Waals surface area contributed by atoms with Gasteiger partial charge in [-0.25, -0.2) is 0 Å². The minimum atomic E-state index is 0.386. The zero-order valence-electron chi connectivity index (χ0n) is 8.35. The van der Waals surface area contributed by atoms with Crippen LogP contribution in [0.2, 0.25) is 0 Å². The van der Waals surface area contributed by atoms with Gasteiger partial charge in [-0.1, -0.05) is 6.92 Å². The minimum Gasteiger partial charge on any atom is -0.296 e. The Hall–Kier alpha value is -0.0400. The second kappa shape index (κ2) is 3.14. The van der Waals surface area contributed by atoms with Crippen LogP contribution in [-0.4, -0.2) is 23.0 Å². The van der Waals surface area contributed by atoms with Crippen molar-refractivity contribution in [3.8, 4) is 0 Å². The van der Waals surface area contributed by atoms with E-state index in [0.29, 0.717) is 5.54 Å². The summed E-state index contributed by atoms with van der Waals surface area (Å²) in [5, 5.41) is 0. The minimum absolute atomic E-state index is 0.386. The van der Waals surface area contributed by atoms with Gasteiger partial charge >= 0.3 is 0 Å². The van der Waals surface area contributed by atoms with Gasteiger partial charge in [0, 0.05) is 11.6 Å². The lowest BCUT2D eigenvalue weighted by atomic mass is 10.0. The molecule has 0 unspecified atom stereocenters. The van der Waals surface area contributed by atoms with Crippen molar-refractivity contribution in [3.63, 3.8) is 0 Å². The maximum atomic E-state index is 2.65. The molecule has 1 saturated heterocycles. The largest absolute Gasteiger partial charge is 0.296 e. The van der Waals surface area contributed by atoms with Gasteiger partial charge in [-0.15, -0.1) is 0 Å². The molecular formula is C10H21N. The maximum absolute atomic E-state index is 2.65. The van der Waals surface area contributed by atoms with E-state index in [1.807, 2.05) is 0 Å². The van der Waals surface area contributed by atoms with Gasteiger partial charge in [0.05, 0.1) is 0 Å². The molecule has 66 valence electrons. The van der Waals surface area contributed by atoms with E-state index in [2.05, 4.69) is 32.6 Å². The standard InChI is InChI=1S/C10H21N/c1-5-9-7-6-8-11(9)10(2,3)4/h9H,5-8H2,1-4H3/t9-/m0/s1. The first-order valence-electron chi connectivity index (χ1n) is 4.82. The molecule has 0 amide bonds. The van der Waals surface area contributed by atoms with Crippen LogP contribution in [-0.2, 0) is 0 Å². The summed E-state index contributed by atoms with van der Waals surface area (Å²) in [7, 11) is 0. The SMILES string of the molecule is CC[C@H]1CCCN1C(C)(C)C. The highest BCUT2D eigenvalue weighted by atomic mass is 15.2. The molecule has 1 heteroatoms. The van der Waals surface area contributed by atoms with Crippen LogP contribution in [0.4, 0.5) is 0 Å². The fourth-order valence-electron chi connectivity index (χ4n) is 2.14. The summed E-state index contributed by atoms with van der Waals surface area (Å²) in [6, 6.07) is 0.856. The molecule has 1 atom stereocenters. The summed E-state index contributed by atoms with van der Waals surface area (Å²) in [5.41, 5.74) is 0.386. The molecule has 0 radical (unpaired) electrons. The lowest BCUT2D eigenvalue weighted by Crippen LogP contribution is -2.44. The van der Waals surface area contributed by atoms with E-state index >= 15 is 0 Å². The van der Waals surface area contributed by atoms with Gasteiger partial charge in [-0.2, -0.15) is 0 Å². The number of hydrogen-bond acceptors (Lipinski definition) is 1. The zero-order chi connectivity index (χ0) is 8.48. The van der Waals surface area contributed by atoms with E-state index in [-0.39, 0.29) is 0 Å². The summed E-state index contributed by atoms with van der Waals surface area (Å²) in [5.74, 6) is 0. The fourth-order valence-corrected chi connectivity index (χ4v) is 2.14. The third-order valence-electron chi connectivity index (χ3n) is 2.71. The van der Waals surface area contributed by atoms with Crippen LogP contribution in [0.3, 0.4) is 0 Å². The van der Waals surface area contributed by atoms with Crippen LogP contribution in [0.5, 0.6) is 0 Å². The van der Waals surface area contributed by atoms with Crippen LogP contribution >= 0.6 is 0 Å². The Morgan fingerprint density at radius 3 is 2.36 bits per heavy atom. The van der Waals surface area contributed by atoms with Crippen LogP contribution in [0.15, 0.2) is 0 Å². The number of nitrogens with zero attached hydrogens (tertiary/aromatic N) is 1. The van der Waals surface area contributed by atoms with Crippen LogP contribution < -0.4 is 0 Å². The Bertz CT molecular complexity index is 123. The van der Waals surface area contributed by atoms with E-state index in [1.165, 1.54) is 25.8 Å². The van der Waals surface area contributed by atoms with Crippen LogP contribution in [0.1, 0.15) is 47.0 Å². The normalized spacial score (nSPS) is 27.8. The summed E-state index contributed by atoms with van der Waals surface area (Å²) in [6.45, 7) is 10.6. The molecule has 1 fully saturated rings. The molecule has 11 heavy (non-hydrogen) atoms. The summed E-state index contributed by atoms with van der Waals surface area (Å²) < 4.78 is 0. The van der Waals surface area contributed by atoms with Crippen LogP contribution in [0.25, 0.3) is 0 Å². The first-order valence-corrected chi connectivity index (χ1v) is 4.82. The third kappa shape index (κ3) is 1.96. The molecule has 1 nitrogen and oxygen atoms in total. The van der Waals surface area contributed by atoms with E-state index in [0.717, 1.165) is 6.04 Å². The highest BCUT2D eigenvalue weighted by molar-refractivity contribution is 4.87. The van der Waals surface area contributed by atoms with E-state index in [4.69, 9.17) is 0 Å². The Morgan fingerprint density at radius 2 is 2.00 bits per heavy atom. The molecule has 0 bridgehead atoms. The van der Waals surface area contributed by atoms with E-state index < -0.39 is 0 Å². The van der Waals surface area contributed by atoms with Crippen molar-refractivity contribution < 1.29 is 0 Å². The average molecular weight is 155 g/mol. The lowest BCUT2D eigenvalue weighted by Gasteiger charge is -2.36. The van der Waals surface area contributed by atoms with Gasteiger partial charge in [0.15, 0.2) is 0 Å². The van der Waals surface area contributed by atoms with Crippen molar-refractivity contribution in [3.05, 3.63) is 0 Å². The highest BCUT2D eigenvalue weighted by Gasteiger charge is 2.31. The Balaban J connectivity index is 2.57. The van der Waals surface area contributed by atoms with Crippen molar-refractivity contribution in [2.75, 3.05) is 6.54 Å². The Labute approximate surface area is 70.8 Å². The lowest BCUT2D eigenvalue weighted by molar-refractivity contribution is 0.119. The predicted octanol–water partition coefficient (Wildman–Crippen LogP) is 2.66. The monoisotopic (exact) mass is 155 g/mol. The van der Waals surface area contributed by atoms with Gasteiger partial charge in [0.25, 0.3) is 0 Å². The van der Waals surface area contributed by atoms with E-state index in [1.54, 1.807) is 0 Å². The first kappa shape index (κ1) is 9.05. The summed E-state index contributed by atoms with van der Waals surface area (Å²) >= 11 is 0. The van der Waals surface area contributed by atoms with Gasteiger partial charge in [-0.05, 0) is 46.6 Å².